The standard InChI is InChI=1S/C34H46F2N2O2.C4H4O4/c1-3-4-5-6-7-8-9-10-24-38-27(2)34(40-33(38)39)21-25-37(26-22-34)23-11-12-32(28-13-17-30(35)18-14-28)29-15-19-31(36)20-16-29;5-3(6)1-2-4(7)8/h13-20,32H,2-12,21-26H2,1H3;1-2H,(H,5,6)(H,7,8)/b;2-1-. The van der Waals surface area contributed by atoms with Crippen LogP contribution in [0.2, 0.25) is 0 Å². The van der Waals surface area contributed by atoms with Crippen molar-refractivity contribution in [3.63, 3.8) is 0 Å². The number of rotatable bonds is 17. The molecule has 4 rings (SSSR count). The summed E-state index contributed by atoms with van der Waals surface area (Å²) in [6.07, 6.45) is 14.1. The zero-order valence-electron chi connectivity index (χ0n) is 28.0. The van der Waals surface area contributed by atoms with Gasteiger partial charge in [-0.15, -0.1) is 0 Å². The minimum atomic E-state index is -1.26. The summed E-state index contributed by atoms with van der Waals surface area (Å²) < 4.78 is 33.1. The number of unbranched alkanes of at least 4 members (excludes halogenated alkanes) is 7. The van der Waals surface area contributed by atoms with Crippen LogP contribution in [-0.2, 0) is 14.3 Å². The van der Waals surface area contributed by atoms with E-state index in [0.29, 0.717) is 18.7 Å². The van der Waals surface area contributed by atoms with E-state index in [2.05, 4.69) is 18.4 Å². The van der Waals surface area contributed by atoms with Crippen molar-refractivity contribution in [1.82, 2.24) is 9.80 Å². The summed E-state index contributed by atoms with van der Waals surface area (Å²) >= 11 is 0. The molecule has 10 heteroatoms. The number of benzene rings is 2. The van der Waals surface area contributed by atoms with E-state index >= 15 is 0 Å². The summed E-state index contributed by atoms with van der Waals surface area (Å²) in [6.45, 7) is 9.89. The quantitative estimate of drug-likeness (QED) is 0.129. The first-order valence-electron chi connectivity index (χ1n) is 17.1. The number of hydrogen-bond acceptors (Lipinski definition) is 5. The number of amides is 1. The molecule has 0 radical (unpaired) electrons. The highest BCUT2D eigenvalue weighted by atomic mass is 19.1. The molecule has 2 N–H and O–H groups in total. The molecule has 2 aromatic rings. The molecule has 1 spiro atoms. The van der Waals surface area contributed by atoms with Crippen molar-refractivity contribution in [2.75, 3.05) is 26.2 Å². The van der Waals surface area contributed by atoms with E-state index in [9.17, 15) is 23.2 Å². The Labute approximate surface area is 283 Å². The summed E-state index contributed by atoms with van der Waals surface area (Å²) in [5, 5.41) is 15.6. The molecule has 48 heavy (non-hydrogen) atoms. The van der Waals surface area contributed by atoms with Gasteiger partial charge in [-0.3, -0.25) is 4.90 Å². The third-order valence-electron chi connectivity index (χ3n) is 9.13. The van der Waals surface area contributed by atoms with Crippen LogP contribution in [0.3, 0.4) is 0 Å². The Bertz CT molecular complexity index is 1290. The summed E-state index contributed by atoms with van der Waals surface area (Å²) in [5.74, 6) is -2.94. The lowest BCUT2D eigenvalue weighted by Gasteiger charge is -2.38. The van der Waals surface area contributed by atoms with Gasteiger partial charge in [-0.2, -0.15) is 0 Å². The maximum atomic E-state index is 13.5. The average molecular weight is 669 g/mol. The van der Waals surface area contributed by atoms with Crippen LogP contribution in [0.25, 0.3) is 0 Å². The molecule has 262 valence electrons. The number of carbonyl (C=O) groups is 3. The first kappa shape index (κ1) is 38.4. The van der Waals surface area contributed by atoms with E-state index in [1.54, 1.807) is 4.90 Å². The van der Waals surface area contributed by atoms with Crippen LogP contribution in [0.1, 0.15) is 101 Å². The molecule has 0 saturated carbocycles. The van der Waals surface area contributed by atoms with Gasteiger partial charge in [0.25, 0.3) is 0 Å². The third kappa shape index (κ3) is 12.2. The molecule has 2 aliphatic heterocycles. The number of carbonyl (C=O) groups excluding carboxylic acids is 1. The van der Waals surface area contributed by atoms with Gasteiger partial charge in [0.05, 0.1) is 5.70 Å². The highest BCUT2D eigenvalue weighted by Crippen LogP contribution is 2.41. The molecule has 0 unspecified atom stereocenters. The SMILES string of the molecule is C=C1N(CCCCCCCCCC)C(=O)OC12CCN(CCCC(c1ccc(F)cc1)c1ccc(F)cc1)CC2.O=C(O)/C=C\C(=O)O. The van der Waals surface area contributed by atoms with Gasteiger partial charge in [-0.1, -0.05) is 82.7 Å². The normalized spacial score (nSPS) is 16.0. The number of piperidine rings is 1. The van der Waals surface area contributed by atoms with Crippen molar-refractivity contribution in [1.29, 1.82) is 0 Å². The molecule has 0 bridgehead atoms. The van der Waals surface area contributed by atoms with E-state index < -0.39 is 17.5 Å². The average Bonchev–Trinajstić information content (AvgIpc) is 3.29. The zero-order chi connectivity index (χ0) is 34.9. The first-order valence-corrected chi connectivity index (χ1v) is 17.1. The minimum Gasteiger partial charge on any atom is -0.478 e. The lowest BCUT2D eigenvalue weighted by atomic mass is 9.86. The monoisotopic (exact) mass is 668 g/mol. The molecule has 0 aliphatic carbocycles. The topological polar surface area (TPSA) is 107 Å². The lowest BCUT2D eigenvalue weighted by Crippen LogP contribution is -2.45. The molecular weight excluding hydrogens is 618 g/mol. The van der Waals surface area contributed by atoms with Gasteiger partial charge in [0, 0.05) is 50.5 Å². The van der Waals surface area contributed by atoms with Crippen molar-refractivity contribution in [3.8, 4) is 0 Å². The largest absolute Gasteiger partial charge is 0.478 e. The van der Waals surface area contributed by atoms with Gasteiger partial charge in [0.15, 0.2) is 5.60 Å². The van der Waals surface area contributed by atoms with Crippen LogP contribution in [0.5, 0.6) is 0 Å². The number of nitrogens with zero attached hydrogens (tertiary/aromatic N) is 2. The number of hydrogen-bond donors (Lipinski definition) is 2. The predicted octanol–water partition coefficient (Wildman–Crippen LogP) is 8.53. The van der Waals surface area contributed by atoms with E-state index in [1.165, 1.54) is 62.8 Å². The van der Waals surface area contributed by atoms with Crippen LogP contribution in [0, 0.1) is 11.6 Å². The van der Waals surface area contributed by atoms with Crippen LogP contribution in [0.15, 0.2) is 73.0 Å². The molecule has 2 fully saturated rings. The van der Waals surface area contributed by atoms with Crippen LogP contribution < -0.4 is 0 Å². The van der Waals surface area contributed by atoms with Gasteiger partial charge in [0.2, 0.25) is 0 Å². The van der Waals surface area contributed by atoms with Crippen LogP contribution >= 0.6 is 0 Å². The van der Waals surface area contributed by atoms with Crippen molar-refractivity contribution >= 4 is 18.0 Å². The molecule has 2 aromatic carbocycles. The van der Waals surface area contributed by atoms with Gasteiger partial charge in [-0.25, -0.2) is 23.2 Å². The molecule has 1 amide bonds. The van der Waals surface area contributed by atoms with E-state index in [0.717, 1.165) is 75.0 Å². The van der Waals surface area contributed by atoms with Gasteiger partial charge < -0.3 is 19.8 Å². The van der Waals surface area contributed by atoms with Crippen molar-refractivity contribution in [3.05, 3.63) is 95.7 Å². The summed E-state index contributed by atoms with van der Waals surface area (Å²) in [5.41, 5.74) is 2.36. The number of carboxylic acids is 2. The Morgan fingerprint density at radius 1 is 0.812 bits per heavy atom. The predicted molar refractivity (Wildman–Crippen MR) is 182 cm³/mol. The van der Waals surface area contributed by atoms with Gasteiger partial charge in [0.1, 0.15) is 11.6 Å². The Hall–Kier alpha value is -4.05. The molecule has 2 aliphatic rings. The Morgan fingerprint density at radius 3 is 1.77 bits per heavy atom. The smallest absolute Gasteiger partial charge is 0.415 e. The van der Waals surface area contributed by atoms with E-state index in [1.807, 2.05) is 24.3 Å². The van der Waals surface area contributed by atoms with Gasteiger partial charge in [-0.05, 0) is 61.2 Å². The molecule has 0 aromatic heterocycles. The van der Waals surface area contributed by atoms with E-state index in [4.69, 9.17) is 14.9 Å². The highest BCUT2D eigenvalue weighted by molar-refractivity contribution is 5.89. The summed E-state index contributed by atoms with van der Waals surface area (Å²) in [4.78, 5) is 36.0. The Balaban J connectivity index is 0.000000694. The molecular formula is C38H50F2N2O6. The van der Waals surface area contributed by atoms with Crippen molar-refractivity contribution in [2.45, 2.75) is 95.5 Å². The van der Waals surface area contributed by atoms with Crippen LogP contribution in [0.4, 0.5) is 13.6 Å². The number of aliphatic carboxylic acids is 2. The first-order chi connectivity index (χ1) is 23.0. The van der Waals surface area contributed by atoms with E-state index in [-0.39, 0.29) is 23.6 Å². The third-order valence-corrected chi connectivity index (χ3v) is 9.13. The summed E-state index contributed by atoms with van der Waals surface area (Å²) in [7, 11) is 0. The minimum absolute atomic E-state index is 0.0813. The fourth-order valence-electron chi connectivity index (χ4n) is 6.37. The number of halogens is 2. The second-order valence-corrected chi connectivity index (χ2v) is 12.6. The van der Waals surface area contributed by atoms with Crippen molar-refractivity contribution < 1.29 is 38.1 Å². The fourth-order valence-corrected chi connectivity index (χ4v) is 6.37. The number of ether oxygens (including phenoxy) is 1. The lowest BCUT2D eigenvalue weighted by molar-refractivity contribution is -0.134. The molecule has 8 nitrogen and oxygen atoms in total. The second kappa shape index (κ2) is 19.7. The summed E-state index contributed by atoms with van der Waals surface area (Å²) in [6, 6.07) is 13.3. The molecule has 2 saturated heterocycles. The zero-order valence-corrected chi connectivity index (χ0v) is 28.0. The maximum Gasteiger partial charge on any atom is 0.415 e. The maximum absolute atomic E-state index is 13.5. The van der Waals surface area contributed by atoms with Gasteiger partial charge >= 0.3 is 18.0 Å². The molecule has 0 atom stereocenters. The molecule has 2 heterocycles. The second-order valence-electron chi connectivity index (χ2n) is 12.6. The van der Waals surface area contributed by atoms with Crippen LogP contribution in [-0.4, -0.2) is 69.8 Å². The fraction of sp³-hybridized carbons (Fsp3) is 0.500. The highest BCUT2D eigenvalue weighted by Gasteiger charge is 2.50. The van der Waals surface area contributed by atoms with Crippen molar-refractivity contribution in [2.24, 2.45) is 0 Å². The Morgan fingerprint density at radius 2 is 1.29 bits per heavy atom. The Kier molecular flexibility index (Phi) is 15.8. The number of carboxylic acid groups (broad SMARTS) is 2. The number of likely N-dealkylation sites (tertiary alicyclic amines) is 1.